The van der Waals surface area contributed by atoms with Crippen molar-refractivity contribution in [2.45, 2.75) is 28.4 Å². The third-order valence-corrected chi connectivity index (χ3v) is 7.75. The van der Waals surface area contributed by atoms with E-state index in [4.69, 9.17) is 4.74 Å². The number of carboxylic acids is 1. The average Bonchev–Trinajstić information content (AvgIpc) is 2.66. The van der Waals surface area contributed by atoms with Gasteiger partial charge in [0, 0.05) is 4.90 Å². The van der Waals surface area contributed by atoms with Gasteiger partial charge in [-0.3, -0.25) is 9.00 Å². The van der Waals surface area contributed by atoms with Gasteiger partial charge in [-0.25, -0.2) is 13.2 Å². The zero-order valence-corrected chi connectivity index (χ0v) is 15.6. The summed E-state index contributed by atoms with van der Waals surface area (Å²) in [6.45, 7) is -0.221. The van der Waals surface area contributed by atoms with Gasteiger partial charge in [0.05, 0.1) is 10.8 Å². The number of aliphatic carboxylic acids is 1. The van der Waals surface area contributed by atoms with Crippen molar-refractivity contribution in [2.75, 3.05) is 0 Å². The van der Waals surface area contributed by atoms with Gasteiger partial charge in [-0.15, -0.1) is 0 Å². The highest BCUT2D eigenvalue weighted by Gasteiger charge is 2.46. The van der Waals surface area contributed by atoms with E-state index < -0.39 is 48.8 Å². The van der Waals surface area contributed by atoms with Crippen molar-refractivity contribution in [1.29, 1.82) is 0 Å². The quantitative estimate of drug-likeness (QED) is 0.773. The number of ether oxygens (including phenoxy) is 1. The first-order valence-corrected chi connectivity index (χ1v) is 10.7. The third kappa shape index (κ3) is 3.79. The number of carbonyl (C=O) groups excluding carboxylic acids is 1. The minimum absolute atomic E-state index is 0.112. The molecule has 0 aliphatic carbocycles. The van der Waals surface area contributed by atoms with Gasteiger partial charge in [0.1, 0.15) is 17.1 Å². The normalized spacial score (nSPS) is 21.9. The molecule has 0 amide bonds. The molecule has 27 heavy (non-hydrogen) atoms. The van der Waals surface area contributed by atoms with Gasteiger partial charge in [-0.1, -0.05) is 48.5 Å². The summed E-state index contributed by atoms with van der Waals surface area (Å²) in [6, 6.07) is 14.5. The molecule has 1 aliphatic rings. The molecule has 0 radical (unpaired) electrons. The van der Waals surface area contributed by atoms with Crippen molar-refractivity contribution < 1.29 is 32.1 Å². The fourth-order valence-electron chi connectivity index (χ4n) is 2.89. The average molecular weight is 408 g/mol. The molecular weight excluding hydrogens is 392 g/mol. The largest absolute Gasteiger partial charge is 0.480 e. The Balaban J connectivity index is 1.90. The van der Waals surface area contributed by atoms with Gasteiger partial charge in [0.2, 0.25) is 0 Å². The maximum absolute atomic E-state index is 12.8. The summed E-state index contributed by atoms with van der Waals surface area (Å²) in [4.78, 5) is 23.8. The van der Waals surface area contributed by atoms with Crippen LogP contribution in [0.5, 0.6) is 0 Å². The number of hydrogen-bond acceptors (Lipinski definition) is 6. The lowest BCUT2D eigenvalue weighted by Crippen LogP contribution is -2.37. The van der Waals surface area contributed by atoms with Crippen molar-refractivity contribution in [3.8, 4) is 0 Å². The summed E-state index contributed by atoms with van der Waals surface area (Å²) >= 11 is 0. The molecule has 0 aromatic heterocycles. The van der Waals surface area contributed by atoms with E-state index in [1.54, 1.807) is 42.5 Å². The van der Waals surface area contributed by atoms with Crippen LogP contribution in [0.3, 0.4) is 0 Å². The molecular formula is C18H16O7S2. The summed E-state index contributed by atoms with van der Waals surface area (Å²) < 4.78 is 42.9. The standard InChI is InChI=1S/C18H16O7S2/c19-17(20)15-10-16(13-8-4-5-9-14(13)26(15)22)27(23,24)18(21)25-11-12-6-2-1-3-7-12/h1-9,15-16H,10-11H2,(H,19,20)/t15-,16?,26?/m1/s1. The van der Waals surface area contributed by atoms with Gasteiger partial charge < -0.3 is 9.84 Å². The van der Waals surface area contributed by atoms with Crippen LogP contribution in [-0.2, 0) is 36.8 Å². The first-order valence-electron chi connectivity index (χ1n) is 7.99. The highest BCUT2D eigenvalue weighted by Crippen LogP contribution is 2.39. The molecule has 3 atom stereocenters. The zero-order chi connectivity index (χ0) is 19.6. The van der Waals surface area contributed by atoms with Gasteiger partial charge >= 0.3 is 11.3 Å². The number of sulfone groups is 1. The predicted octanol–water partition coefficient (Wildman–Crippen LogP) is 2.44. The van der Waals surface area contributed by atoms with Gasteiger partial charge in [-0.05, 0) is 23.6 Å². The monoisotopic (exact) mass is 408 g/mol. The fraction of sp³-hybridized carbons (Fsp3) is 0.222. The molecule has 0 fully saturated rings. The Labute approximate surface area is 158 Å². The minimum Gasteiger partial charge on any atom is -0.480 e. The fourth-order valence-corrected chi connectivity index (χ4v) is 6.04. The van der Waals surface area contributed by atoms with E-state index in [9.17, 15) is 27.3 Å². The van der Waals surface area contributed by atoms with Crippen LogP contribution in [0.25, 0.3) is 0 Å². The Morgan fingerprint density at radius 2 is 1.70 bits per heavy atom. The molecule has 9 heteroatoms. The van der Waals surface area contributed by atoms with E-state index >= 15 is 0 Å². The Bertz CT molecular complexity index is 999. The molecule has 2 aromatic rings. The molecule has 1 N–H and O–H groups in total. The number of carboxylic acid groups (broad SMARTS) is 1. The van der Waals surface area contributed by atoms with Crippen LogP contribution < -0.4 is 0 Å². The SMILES string of the molecule is O=C(O)[C@H]1CC(S(=O)(=O)C(=O)OCc2ccccc2)c2ccccc2S1=O. The van der Waals surface area contributed by atoms with Gasteiger partial charge in [-0.2, -0.15) is 0 Å². The first-order chi connectivity index (χ1) is 12.8. The molecule has 1 heterocycles. The first kappa shape index (κ1) is 19.2. The van der Waals surface area contributed by atoms with Gasteiger partial charge in [0.25, 0.3) is 9.84 Å². The van der Waals surface area contributed by atoms with Crippen LogP contribution in [0, 0.1) is 0 Å². The minimum atomic E-state index is -4.49. The van der Waals surface area contributed by atoms with Crippen molar-refractivity contribution in [2.24, 2.45) is 0 Å². The topological polar surface area (TPSA) is 115 Å². The maximum Gasteiger partial charge on any atom is 0.425 e. The Morgan fingerprint density at radius 3 is 2.37 bits per heavy atom. The molecule has 2 aromatic carbocycles. The maximum atomic E-state index is 12.8. The van der Waals surface area contributed by atoms with Crippen molar-refractivity contribution in [3.05, 3.63) is 65.7 Å². The lowest BCUT2D eigenvalue weighted by Gasteiger charge is -2.27. The second-order valence-corrected chi connectivity index (χ2v) is 9.55. The highest BCUT2D eigenvalue weighted by molar-refractivity contribution is 8.06. The van der Waals surface area contributed by atoms with Crippen LogP contribution >= 0.6 is 0 Å². The smallest absolute Gasteiger partial charge is 0.425 e. The summed E-state index contributed by atoms with van der Waals surface area (Å²) in [5.41, 5.74) is 0.791. The number of rotatable bonds is 4. The van der Waals surface area contributed by atoms with E-state index in [2.05, 4.69) is 0 Å². The Kier molecular flexibility index (Phi) is 5.43. The number of fused-ring (bicyclic) bond motifs is 1. The Hall–Kier alpha value is -2.52. The van der Waals surface area contributed by atoms with Crippen LogP contribution in [-0.4, -0.2) is 34.3 Å². The van der Waals surface area contributed by atoms with Crippen molar-refractivity contribution >= 4 is 31.9 Å². The summed E-state index contributed by atoms with van der Waals surface area (Å²) in [7, 11) is -6.40. The van der Waals surface area contributed by atoms with Gasteiger partial charge in [0.15, 0.2) is 0 Å². The summed E-state index contributed by atoms with van der Waals surface area (Å²) in [5, 5.41) is 5.04. The summed E-state index contributed by atoms with van der Waals surface area (Å²) in [5.74, 6) is -1.37. The zero-order valence-electron chi connectivity index (χ0n) is 14.0. The molecule has 1 aliphatic heterocycles. The lowest BCUT2D eigenvalue weighted by atomic mass is 10.1. The molecule has 0 bridgehead atoms. The Morgan fingerprint density at radius 1 is 1.07 bits per heavy atom. The van der Waals surface area contributed by atoms with Crippen molar-refractivity contribution in [3.63, 3.8) is 0 Å². The van der Waals surface area contributed by atoms with Crippen LogP contribution in [0.15, 0.2) is 59.5 Å². The van der Waals surface area contributed by atoms with E-state index in [0.29, 0.717) is 5.56 Å². The van der Waals surface area contributed by atoms with Crippen LogP contribution in [0.2, 0.25) is 0 Å². The third-order valence-electron chi connectivity index (χ3n) is 4.25. The summed E-state index contributed by atoms with van der Waals surface area (Å²) in [6.07, 6.45) is -0.457. The predicted molar refractivity (Wildman–Crippen MR) is 97.2 cm³/mol. The highest BCUT2D eigenvalue weighted by atomic mass is 32.2. The molecule has 0 saturated carbocycles. The number of carbonyl (C=O) groups is 2. The molecule has 7 nitrogen and oxygen atoms in total. The van der Waals surface area contributed by atoms with E-state index in [1.807, 2.05) is 0 Å². The molecule has 2 unspecified atom stereocenters. The van der Waals surface area contributed by atoms with E-state index in [0.717, 1.165) is 0 Å². The molecule has 0 spiro atoms. The van der Waals surface area contributed by atoms with Crippen LogP contribution in [0.1, 0.15) is 22.8 Å². The number of benzene rings is 2. The second kappa shape index (κ2) is 7.61. The van der Waals surface area contributed by atoms with E-state index in [-0.39, 0.29) is 17.1 Å². The van der Waals surface area contributed by atoms with Crippen LogP contribution in [0.4, 0.5) is 4.79 Å². The molecule has 3 rings (SSSR count). The second-order valence-electron chi connectivity index (χ2n) is 5.96. The lowest BCUT2D eigenvalue weighted by molar-refractivity contribution is -0.136. The number of hydrogen-bond donors (Lipinski definition) is 1. The molecule has 0 saturated heterocycles. The molecule has 142 valence electrons. The van der Waals surface area contributed by atoms with E-state index in [1.165, 1.54) is 12.1 Å². The van der Waals surface area contributed by atoms with Crippen molar-refractivity contribution in [1.82, 2.24) is 0 Å².